The van der Waals surface area contributed by atoms with E-state index in [1.807, 2.05) is 23.7 Å². The van der Waals surface area contributed by atoms with Gasteiger partial charge < -0.3 is 4.90 Å². The van der Waals surface area contributed by atoms with Crippen LogP contribution >= 0.6 is 11.8 Å². The molecular weight excluding hydrogens is 206 g/mol. The summed E-state index contributed by atoms with van der Waals surface area (Å²) in [6.45, 7) is 6.72. The molecule has 3 heteroatoms. The number of rotatable bonds is 3. The molecule has 1 amide bonds. The van der Waals surface area contributed by atoms with Crippen LogP contribution in [0.15, 0.2) is 0 Å². The quantitative estimate of drug-likeness (QED) is 0.741. The molecule has 0 aromatic rings. The van der Waals surface area contributed by atoms with Crippen LogP contribution in [0.4, 0.5) is 0 Å². The SMILES string of the molecule is CCSC1C(C(C)C)CCCC(=O)N1C. The van der Waals surface area contributed by atoms with Gasteiger partial charge in [0.25, 0.3) is 0 Å². The zero-order chi connectivity index (χ0) is 11.4. The number of carbonyl (C=O) groups excluding carboxylic acids is 1. The van der Waals surface area contributed by atoms with Crippen LogP contribution in [0.2, 0.25) is 0 Å². The van der Waals surface area contributed by atoms with Crippen molar-refractivity contribution in [2.24, 2.45) is 11.8 Å². The second kappa shape index (κ2) is 5.78. The van der Waals surface area contributed by atoms with Gasteiger partial charge in [-0.25, -0.2) is 0 Å². The van der Waals surface area contributed by atoms with E-state index >= 15 is 0 Å². The molecule has 1 aliphatic heterocycles. The predicted molar refractivity (Wildman–Crippen MR) is 66.9 cm³/mol. The highest BCUT2D eigenvalue weighted by Crippen LogP contribution is 2.34. The van der Waals surface area contributed by atoms with Crippen molar-refractivity contribution in [1.29, 1.82) is 0 Å². The molecule has 15 heavy (non-hydrogen) atoms. The maximum atomic E-state index is 11.8. The molecule has 1 fully saturated rings. The summed E-state index contributed by atoms with van der Waals surface area (Å²) in [5.41, 5.74) is 0. The number of carbonyl (C=O) groups is 1. The van der Waals surface area contributed by atoms with Crippen LogP contribution in [0.5, 0.6) is 0 Å². The molecule has 2 nitrogen and oxygen atoms in total. The topological polar surface area (TPSA) is 20.3 Å². The van der Waals surface area contributed by atoms with Gasteiger partial charge in [0.15, 0.2) is 0 Å². The third-order valence-electron chi connectivity index (χ3n) is 3.26. The minimum Gasteiger partial charge on any atom is -0.333 e. The standard InChI is InChI=1S/C12H23NOS/c1-5-15-12-10(9(2)3)7-6-8-11(14)13(12)4/h9-10,12H,5-8H2,1-4H3. The lowest BCUT2D eigenvalue weighted by atomic mass is 9.91. The van der Waals surface area contributed by atoms with Gasteiger partial charge in [0.1, 0.15) is 0 Å². The molecule has 1 aliphatic rings. The number of amides is 1. The van der Waals surface area contributed by atoms with Gasteiger partial charge in [-0.2, -0.15) is 0 Å². The van der Waals surface area contributed by atoms with Crippen molar-refractivity contribution in [3.63, 3.8) is 0 Å². The lowest BCUT2D eigenvalue weighted by Gasteiger charge is -2.34. The second-order valence-electron chi connectivity index (χ2n) is 4.65. The molecule has 0 bridgehead atoms. The lowest BCUT2D eigenvalue weighted by molar-refractivity contribution is -0.130. The fourth-order valence-corrected chi connectivity index (χ4v) is 3.69. The minimum absolute atomic E-state index is 0.323. The first kappa shape index (κ1) is 12.9. The molecule has 2 atom stereocenters. The average Bonchev–Trinajstić information content (AvgIpc) is 2.31. The van der Waals surface area contributed by atoms with Crippen LogP contribution in [-0.2, 0) is 4.79 Å². The largest absolute Gasteiger partial charge is 0.333 e. The number of hydrogen-bond donors (Lipinski definition) is 0. The lowest BCUT2D eigenvalue weighted by Crippen LogP contribution is -2.39. The Balaban J connectivity index is 2.79. The molecule has 1 saturated heterocycles. The van der Waals surface area contributed by atoms with Crippen molar-refractivity contribution in [1.82, 2.24) is 4.90 Å². The Morgan fingerprint density at radius 3 is 2.73 bits per heavy atom. The fourth-order valence-electron chi connectivity index (χ4n) is 2.31. The Bertz CT molecular complexity index is 218. The van der Waals surface area contributed by atoms with Crippen LogP contribution in [0.25, 0.3) is 0 Å². The highest BCUT2D eigenvalue weighted by atomic mass is 32.2. The van der Waals surface area contributed by atoms with Crippen molar-refractivity contribution >= 4 is 17.7 Å². The molecule has 0 aliphatic carbocycles. The first-order chi connectivity index (χ1) is 7.07. The summed E-state index contributed by atoms with van der Waals surface area (Å²) in [6, 6.07) is 0. The van der Waals surface area contributed by atoms with Crippen molar-refractivity contribution < 1.29 is 4.79 Å². The van der Waals surface area contributed by atoms with E-state index in [4.69, 9.17) is 0 Å². The fraction of sp³-hybridized carbons (Fsp3) is 0.917. The molecule has 0 aromatic carbocycles. The number of thioether (sulfide) groups is 1. The van der Waals surface area contributed by atoms with Gasteiger partial charge in [-0.15, -0.1) is 11.8 Å². The smallest absolute Gasteiger partial charge is 0.223 e. The van der Waals surface area contributed by atoms with E-state index in [1.165, 1.54) is 6.42 Å². The molecule has 0 aromatic heterocycles. The van der Waals surface area contributed by atoms with Crippen molar-refractivity contribution in [3.8, 4) is 0 Å². The van der Waals surface area contributed by atoms with Crippen LogP contribution in [0.3, 0.4) is 0 Å². The molecule has 1 rings (SSSR count). The number of nitrogens with zero attached hydrogens (tertiary/aromatic N) is 1. The summed E-state index contributed by atoms with van der Waals surface area (Å²) < 4.78 is 0. The predicted octanol–water partition coefficient (Wildman–Crippen LogP) is 2.98. The van der Waals surface area contributed by atoms with E-state index in [0.717, 1.165) is 18.6 Å². The monoisotopic (exact) mass is 229 g/mol. The average molecular weight is 229 g/mol. The van der Waals surface area contributed by atoms with Crippen LogP contribution < -0.4 is 0 Å². The summed E-state index contributed by atoms with van der Waals surface area (Å²) in [4.78, 5) is 13.8. The molecule has 0 saturated carbocycles. The third-order valence-corrected chi connectivity index (χ3v) is 4.60. The Labute approximate surface area is 97.8 Å². The van der Waals surface area contributed by atoms with Gasteiger partial charge in [-0.1, -0.05) is 20.8 Å². The van der Waals surface area contributed by atoms with E-state index in [1.54, 1.807) is 0 Å². The summed E-state index contributed by atoms with van der Waals surface area (Å²) in [6.07, 6.45) is 3.00. The molecule has 0 N–H and O–H groups in total. The van der Waals surface area contributed by atoms with Gasteiger partial charge in [0.05, 0.1) is 5.37 Å². The van der Waals surface area contributed by atoms with E-state index in [2.05, 4.69) is 20.8 Å². The molecule has 0 spiro atoms. The first-order valence-corrected chi connectivity index (χ1v) is 7.00. The zero-order valence-corrected chi connectivity index (χ0v) is 11.1. The molecule has 0 radical (unpaired) electrons. The van der Waals surface area contributed by atoms with Gasteiger partial charge in [0.2, 0.25) is 5.91 Å². The molecular formula is C12H23NOS. The zero-order valence-electron chi connectivity index (χ0n) is 10.3. The summed E-state index contributed by atoms with van der Waals surface area (Å²) in [5, 5.41) is 0.394. The Morgan fingerprint density at radius 2 is 2.20 bits per heavy atom. The first-order valence-electron chi connectivity index (χ1n) is 5.95. The van der Waals surface area contributed by atoms with Gasteiger partial charge in [0, 0.05) is 13.5 Å². The van der Waals surface area contributed by atoms with Crippen molar-refractivity contribution in [3.05, 3.63) is 0 Å². The van der Waals surface area contributed by atoms with Crippen molar-refractivity contribution in [2.45, 2.75) is 45.4 Å². The summed E-state index contributed by atoms with van der Waals surface area (Å²) in [5.74, 6) is 2.74. The molecule has 1 heterocycles. The van der Waals surface area contributed by atoms with E-state index in [0.29, 0.717) is 23.1 Å². The van der Waals surface area contributed by atoms with E-state index < -0.39 is 0 Å². The highest BCUT2D eigenvalue weighted by Gasteiger charge is 2.32. The normalized spacial score (nSPS) is 28.3. The number of hydrogen-bond acceptors (Lipinski definition) is 2. The maximum Gasteiger partial charge on any atom is 0.223 e. The van der Waals surface area contributed by atoms with Gasteiger partial charge >= 0.3 is 0 Å². The third kappa shape index (κ3) is 3.13. The Hall–Kier alpha value is -0.180. The highest BCUT2D eigenvalue weighted by molar-refractivity contribution is 7.99. The van der Waals surface area contributed by atoms with Gasteiger partial charge in [-0.05, 0) is 30.4 Å². The van der Waals surface area contributed by atoms with E-state index in [9.17, 15) is 4.79 Å². The number of likely N-dealkylation sites (tertiary alicyclic amines) is 1. The molecule has 2 unspecified atom stereocenters. The van der Waals surface area contributed by atoms with Crippen LogP contribution in [-0.4, -0.2) is 29.0 Å². The van der Waals surface area contributed by atoms with E-state index in [-0.39, 0.29) is 0 Å². The van der Waals surface area contributed by atoms with Crippen LogP contribution in [0.1, 0.15) is 40.0 Å². The maximum absolute atomic E-state index is 11.8. The Morgan fingerprint density at radius 1 is 1.53 bits per heavy atom. The van der Waals surface area contributed by atoms with Crippen LogP contribution in [0, 0.1) is 11.8 Å². The molecule has 88 valence electrons. The second-order valence-corrected chi connectivity index (χ2v) is 6.04. The summed E-state index contributed by atoms with van der Waals surface area (Å²) >= 11 is 1.92. The van der Waals surface area contributed by atoms with Crippen molar-refractivity contribution in [2.75, 3.05) is 12.8 Å². The summed E-state index contributed by atoms with van der Waals surface area (Å²) in [7, 11) is 1.97. The Kier molecular flexibility index (Phi) is 4.97. The van der Waals surface area contributed by atoms with Gasteiger partial charge in [-0.3, -0.25) is 4.79 Å². The minimum atomic E-state index is 0.323.